The number of carbonyl (C=O) groups excluding carboxylic acids is 2. The van der Waals surface area contributed by atoms with Crippen molar-refractivity contribution in [2.24, 2.45) is 0 Å². The van der Waals surface area contributed by atoms with Crippen LogP contribution in [0, 0.1) is 0 Å². The molecule has 0 aliphatic heterocycles. The number of anilines is 1. The lowest BCUT2D eigenvalue weighted by atomic mass is 10.0. The smallest absolute Gasteiger partial charge is 0.338 e. The van der Waals surface area contributed by atoms with E-state index in [1.54, 1.807) is 56.3 Å². The van der Waals surface area contributed by atoms with Gasteiger partial charge in [-0.05, 0) is 49.7 Å². The van der Waals surface area contributed by atoms with Crippen molar-refractivity contribution in [2.75, 3.05) is 5.32 Å². The van der Waals surface area contributed by atoms with E-state index in [-0.39, 0.29) is 24.0 Å². The van der Waals surface area contributed by atoms with Gasteiger partial charge < -0.3 is 15.2 Å². The number of hydrogen-bond acceptors (Lipinski definition) is 4. The number of benzene rings is 2. The monoisotopic (exact) mass is 341 g/mol. The molecule has 1 amide bonds. The van der Waals surface area contributed by atoms with Gasteiger partial charge in [0.25, 0.3) is 0 Å². The number of rotatable bonds is 6. The van der Waals surface area contributed by atoms with E-state index in [4.69, 9.17) is 9.84 Å². The van der Waals surface area contributed by atoms with Crippen molar-refractivity contribution in [1.82, 2.24) is 0 Å². The van der Waals surface area contributed by atoms with Gasteiger partial charge in [-0.1, -0.05) is 18.2 Å². The fraction of sp³-hybridized carbons (Fsp3) is 0.211. The molecule has 2 aromatic carbocycles. The van der Waals surface area contributed by atoms with Crippen LogP contribution in [0.2, 0.25) is 0 Å². The summed E-state index contributed by atoms with van der Waals surface area (Å²) in [4.78, 5) is 35.1. The van der Waals surface area contributed by atoms with Crippen LogP contribution in [0.25, 0.3) is 0 Å². The van der Waals surface area contributed by atoms with E-state index in [1.807, 2.05) is 0 Å². The summed E-state index contributed by atoms with van der Waals surface area (Å²) >= 11 is 0. The minimum absolute atomic E-state index is 0.0559. The molecule has 6 heteroatoms. The molecule has 130 valence electrons. The third-order valence-corrected chi connectivity index (χ3v) is 3.35. The molecule has 0 saturated carbocycles. The molecule has 0 radical (unpaired) electrons. The molecule has 0 aliphatic carbocycles. The Labute approximate surface area is 145 Å². The Bertz CT molecular complexity index is 781. The molecule has 0 spiro atoms. The number of hydrogen-bond donors (Lipinski definition) is 2. The number of esters is 1. The summed E-state index contributed by atoms with van der Waals surface area (Å²) in [5, 5.41) is 11.8. The highest BCUT2D eigenvalue weighted by Gasteiger charge is 2.13. The predicted molar refractivity (Wildman–Crippen MR) is 92.7 cm³/mol. The van der Waals surface area contributed by atoms with Crippen LogP contribution >= 0.6 is 0 Å². The molecular weight excluding hydrogens is 322 g/mol. The summed E-state index contributed by atoms with van der Waals surface area (Å²) in [6, 6.07) is 12.7. The van der Waals surface area contributed by atoms with Crippen LogP contribution < -0.4 is 5.32 Å². The molecular formula is C19H19NO5. The van der Waals surface area contributed by atoms with Crippen molar-refractivity contribution in [1.29, 1.82) is 0 Å². The van der Waals surface area contributed by atoms with Crippen molar-refractivity contribution in [3.8, 4) is 0 Å². The van der Waals surface area contributed by atoms with Crippen LogP contribution in [0.15, 0.2) is 48.5 Å². The summed E-state index contributed by atoms with van der Waals surface area (Å²) in [5.74, 6) is -1.84. The third-order valence-electron chi connectivity index (χ3n) is 3.35. The number of carboxylic acids is 1. The molecule has 6 nitrogen and oxygen atoms in total. The van der Waals surface area contributed by atoms with E-state index < -0.39 is 11.9 Å². The van der Waals surface area contributed by atoms with Crippen LogP contribution in [-0.4, -0.2) is 29.1 Å². The Hall–Kier alpha value is -3.15. The average molecular weight is 341 g/mol. The maximum atomic E-state index is 12.1. The highest BCUT2D eigenvalue weighted by Crippen LogP contribution is 2.14. The number of carbonyl (C=O) groups is 3. The number of carboxylic acid groups (broad SMARTS) is 1. The Balaban J connectivity index is 2.02. The summed E-state index contributed by atoms with van der Waals surface area (Å²) in [5.41, 5.74) is 1.44. The van der Waals surface area contributed by atoms with Gasteiger partial charge in [-0.25, -0.2) is 9.59 Å². The second-order valence-corrected chi connectivity index (χ2v) is 5.72. The first-order valence-corrected chi connectivity index (χ1v) is 7.79. The Morgan fingerprint density at radius 3 is 2.28 bits per heavy atom. The van der Waals surface area contributed by atoms with E-state index in [1.165, 1.54) is 6.07 Å². The summed E-state index contributed by atoms with van der Waals surface area (Å²) in [6.07, 6.45) is -0.263. The van der Waals surface area contributed by atoms with E-state index in [0.717, 1.165) is 0 Å². The maximum Gasteiger partial charge on any atom is 0.338 e. The van der Waals surface area contributed by atoms with Crippen molar-refractivity contribution in [3.05, 3.63) is 65.2 Å². The summed E-state index contributed by atoms with van der Waals surface area (Å²) in [7, 11) is 0. The van der Waals surface area contributed by atoms with Gasteiger partial charge in [0.05, 0.1) is 23.7 Å². The van der Waals surface area contributed by atoms with Crippen LogP contribution in [0.1, 0.15) is 40.1 Å². The molecule has 0 aliphatic rings. The number of aromatic carboxylic acids is 1. The lowest BCUT2D eigenvalue weighted by molar-refractivity contribution is -0.115. The molecule has 0 bridgehead atoms. The fourth-order valence-corrected chi connectivity index (χ4v) is 2.23. The second kappa shape index (κ2) is 8.10. The summed E-state index contributed by atoms with van der Waals surface area (Å²) < 4.78 is 5.09. The average Bonchev–Trinajstić information content (AvgIpc) is 2.55. The summed E-state index contributed by atoms with van der Waals surface area (Å²) in [6.45, 7) is 3.53. The van der Waals surface area contributed by atoms with E-state index in [0.29, 0.717) is 16.8 Å². The van der Waals surface area contributed by atoms with Crippen LogP contribution in [0.5, 0.6) is 0 Å². The Morgan fingerprint density at radius 2 is 1.68 bits per heavy atom. The SMILES string of the molecule is CC(C)OC(=O)c1ccc(NC(=O)Cc2ccccc2C(=O)O)cc1. The maximum absolute atomic E-state index is 12.1. The number of nitrogens with one attached hydrogen (secondary N) is 1. The quantitative estimate of drug-likeness (QED) is 0.788. The highest BCUT2D eigenvalue weighted by molar-refractivity contribution is 5.96. The number of ether oxygens (including phenoxy) is 1. The van der Waals surface area contributed by atoms with E-state index >= 15 is 0 Å². The predicted octanol–water partition coefficient (Wildman–Crippen LogP) is 3.13. The topological polar surface area (TPSA) is 92.7 Å². The second-order valence-electron chi connectivity index (χ2n) is 5.72. The zero-order valence-electron chi connectivity index (χ0n) is 14.0. The molecule has 0 atom stereocenters. The van der Waals surface area contributed by atoms with Gasteiger partial charge in [0.1, 0.15) is 0 Å². The van der Waals surface area contributed by atoms with Gasteiger partial charge in [0.15, 0.2) is 0 Å². The molecule has 0 heterocycles. The van der Waals surface area contributed by atoms with E-state index in [2.05, 4.69) is 5.32 Å². The fourth-order valence-electron chi connectivity index (χ4n) is 2.23. The molecule has 0 saturated heterocycles. The van der Waals surface area contributed by atoms with Gasteiger partial charge in [-0.2, -0.15) is 0 Å². The number of amides is 1. The molecule has 25 heavy (non-hydrogen) atoms. The van der Waals surface area contributed by atoms with Crippen molar-refractivity contribution in [3.63, 3.8) is 0 Å². The minimum Gasteiger partial charge on any atom is -0.478 e. The van der Waals surface area contributed by atoms with Gasteiger partial charge >= 0.3 is 11.9 Å². The Kier molecular flexibility index (Phi) is 5.89. The lowest BCUT2D eigenvalue weighted by Gasteiger charge is -2.09. The van der Waals surface area contributed by atoms with Crippen molar-refractivity contribution >= 4 is 23.5 Å². The molecule has 2 rings (SSSR count). The molecule has 0 aromatic heterocycles. The van der Waals surface area contributed by atoms with Crippen molar-refractivity contribution in [2.45, 2.75) is 26.4 Å². The van der Waals surface area contributed by atoms with E-state index in [9.17, 15) is 14.4 Å². The van der Waals surface area contributed by atoms with Gasteiger partial charge in [-0.3, -0.25) is 4.79 Å². The van der Waals surface area contributed by atoms with Gasteiger partial charge in [0, 0.05) is 5.69 Å². The first-order chi connectivity index (χ1) is 11.9. The first-order valence-electron chi connectivity index (χ1n) is 7.79. The first kappa shape index (κ1) is 18.2. The minimum atomic E-state index is -1.07. The lowest BCUT2D eigenvalue weighted by Crippen LogP contribution is -2.16. The van der Waals surface area contributed by atoms with Gasteiger partial charge in [0.2, 0.25) is 5.91 Å². The highest BCUT2D eigenvalue weighted by atomic mass is 16.5. The third kappa shape index (κ3) is 5.17. The van der Waals surface area contributed by atoms with Crippen LogP contribution in [-0.2, 0) is 16.0 Å². The zero-order valence-corrected chi connectivity index (χ0v) is 14.0. The Morgan fingerprint density at radius 1 is 1.04 bits per heavy atom. The molecule has 0 fully saturated rings. The molecule has 2 aromatic rings. The van der Waals surface area contributed by atoms with Crippen LogP contribution in [0.4, 0.5) is 5.69 Å². The largest absolute Gasteiger partial charge is 0.478 e. The standard InChI is InChI=1S/C19H19NO5/c1-12(2)25-19(24)13-7-9-15(10-8-13)20-17(21)11-14-5-3-4-6-16(14)18(22)23/h3-10,12H,11H2,1-2H3,(H,20,21)(H,22,23). The zero-order chi connectivity index (χ0) is 18.4. The molecule has 2 N–H and O–H groups in total. The van der Waals surface area contributed by atoms with Gasteiger partial charge in [-0.15, -0.1) is 0 Å². The normalized spacial score (nSPS) is 10.4. The molecule has 0 unspecified atom stereocenters. The van der Waals surface area contributed by atoms with Crippen molar-refractivity contribution < 1.29 is 24.2 Å². The van der Waals surface area contributed by atoms with Crippen LogP contribution in [0.3, 0.4) is 0 Å².